The molecule has 0 bridgehead atoms. The topological polar surface area (TPSA) is 88.5 Å². The summed E-state index contributed by atoms with van der Waals surface area (Å²) < 4.78 is 10.8. The molecule has 3 aliphatic rings. The molecular formula is C34H39N3O5S. The van der Waals surface area contributed by atoms with Gasteiger partial charge in [0.25, 0.3) is 0 Å². The number of amides is 1. The lowest BCUT2D eigenvalue weighted by Crippen LogP contribution is -2.42. The van der Waals surface area contributed by atoms with Crippen molar-refractivity contribution in [1.82, 2.24) is 9.80 Å². The number of aliphatic imine (C=N–C) groups is 1. The van der Waals surface area contributed by atoms with E-state index in [1.807, 2.05) is 45.5 Å². The van der Waals surface area contributed by atoms with Crippen molar-refractivity contribution in [3.63, 3.8) is 0 Å². The Morgan fingerprint density at radius 1 is 0.953 bits per heavy atom. The first kappa shape index (κ1) is 30.6. The van der Waals surface area contributed by atoms with Gasteiger partial charge in [-0.05, 0) is 49.1 Å². The fraction of sp³-hybridized carbons (Fsp3) is 0.412. The van der Waals surface area contributed by atoms with E-state index in [1.54, 1.807) is 13.8 Å². The van der Waals surface area contributed by atoms with Gasteiger partial charge in [-0.1, -0.05) is 80.2 Å². The van der Waals surface area contributed by atoms with Gasteiger partial charge in [0.15, 0.2) is 5.17 Å². The maximum absolute atomic E-state index is 13.7. The lowest BCUT2D eigenvalue weighted by atomic mass is 9.90. The summed E-state index contributed by atoms with van der Waals surface area (Å²) in [6.45, 7) is 9.52. The number of esters is 2. The third-order valence-electron chi connectivity index (χ3n) is 8.07. The highest BCUT2D eigenvalue weighted by molar-refractivity contribution is 8.16. The van der Waals surface area contributed by atoms with Gasteiger partial charge < -0.3 is 19.3 Å². The summed E-state index contributed by atoms with van der Waals surface area (Å²) in [5.41, 5.74) is 4.77. The molecule has 1 saturated heterocycles. The zero-order valence-electron chi connectivity index (χ0n) is 25.2. The second kappa shape index (κ2) is 13.6. The molecule has 0 spiro atoms. The van der Waals surface area contributed by atoms with Crippen molar-refractivity contribution in [2.24, 2.45) is 10.9 Å². The van der Waals surface area contributed by atoms with E-state index in [2.05, 4.69) is 38.1 Å². The molecule has 2 aromatic rings. The van der Waals surface area contributed by atoms with E-state index in [-0.39, 0.29) is 30.8 Å². The first-order valence-corrected chi connectivity index (χ1v) is 15.9. The van der Waals surface area contributed by atoms with Crippen LogP contribution in [0.25, 0.3) is 5.70 Å². The largest absolute Gasteiger partial charge is 0.466 e. The summed E-state index contributed by atoms with van der Waals surface area (Å²) >= 11 is 1.46. The second-order valence-corrected chi connectivity index (χ2v) is 12.0. The molecule has 1 amide bonds. The Hall–Kier alpha value is -3.85. The number of benzene rings is 2. The third-order valence-corrected chi connectivity index (χ3v) is 8.96. The molecule has 3 heterocycles. The minimum atomic E-state index is -0.522. The number of fused-ring (bicyclic) bond motifs is 1. The standard InChI is InChI=1S/C34H39N3O5S/c1-5-41-32(39)26-16-18-36(19-17-26)28(38)20-27-21-43-34-35-30(24-10-8-7-9-11-24)29(33(40)42-6-2)31(37(27)34)25-14-12-23(13-15-25)22(3)4/h7-15,21-22,26,31H,5-6,16-20H2,1-4H3. The Bertz CT molecular complexity index is 1440. The van der Waals surface area contributed by atoms with Crippen LogP contribution in [0.4, 0.5) is 0 Å². The smallest absolute Gasteiger partial charge is 0.338 e. The number of thioether (sulfide) groups is 1. The van der Waals surface area contributed by atoms with E-state index < -0.39 is 12.0 Å². The van der Waals surface area contributed by atoms with Crippen LogP contribution in [-0.4, -0.2) is 59.1 Å². The summed E-state index contributed by atoms with van der Waals surface area (Å²) in [7, 11) is 0. The van der Waals surface area contributed by atoms with Crippen LogP contribution in [0.15, 0.2) is 76.3 Å². The Kier molecular flexibility index (Phi) is 9.70. The molecule has 0 aliphatic carbocycles. The summed E-state index contributed by atoms with van der Waals surface area (Å²) in [5, 5.41) is 2.68. The lowest BCUT2D eigenvalue weighted by molar-refractivity contribution is -0.151. The van der Waals surface area contributed by atoms with E-state index in [9.17, 15) is 14.4 Å². The molecule has 8 nitrogen and oxygen atoms in total. The highest BCUT2D eigenvalue weighted by Crippen LogP contribution is 2.47. The van der Waals surface area contributed by atoms with Gasteiger partial charge in [0, 0.05) is 24.4 Å². The number of carbonyl (C=O) groups excluding carboxylic acids is 3. The van der Waals surface area contributed by atoms with Gasteiger partial charge in [0.2, 0.25) is 5.91 Å². The number of amidine groups is 1. The number of hydrogen-bond donors (Lipinski definition) is 0. The first-order valence-electron chi connectivity index (χ1n) is 15.1. The van der Waals surface area contributed by atoms with Crippen molar-refractivity contribution >= 4 is 40.5 Å². The van der Waals surface area contributed by atoms with Crippen molar-refractivity contribution in [3.05, 3.63) is 88.0 Å². The molecule has 1 unspecified atom stereocenters. The molecule has 0 aromatic heterocycles. The van der Waals surface area contributed by atoms with E-state index in [4.69, 9.17) is 14.5 Å². The SMILES string of the molecule is CCOC(=O)C1=C(c2ccccc2)N=C2SC=C(CC(=O)N3CCC(C(=O)OCC)CC3)N2C1c1ccc(C(C)C)cc1. The Labute approximate surface area is 257 Å². The minimum absolute atomic E-state index is 0.0140. The van der Waals surface area contributed by atoms with Crippen LogP contribution in [0.5, 0.6) is 0 Å². The molecule has 9 heteroatoms. The van der Waals surface area contributed by atoms with Gasteiger partial charge in [-0.25, -0.2) is 9.79 Å². The molecule has 5 rings (SSSR count). The number of carbonyl (C=O) groups is 3. The zero-order valence-corrected chi connectivity index (χ0v) is 26.1. The van der Waals surface area contributed by atoms with Crippen LogP contribution in [0.3, 0.4) is 0 Å². The van der Waals surface area contributed by atoms with Crippen molar-refractivity contribution in [2.45, 2.75) is 58.9 Å². The van der Waals surface area contributed by atoms with Crippen molar-refractivity contribution < 1.29 is 23.9 Å². The summed E-state index contributed by atoms with van der Waals surface area (Å²) in [6, 6.07) is 17.5. The molecule has 0 radical (unpaired) electrons. The van der Waals surface area contributed by atoms with Crippen LogP contribution >= 0.6 is 11.8 Å². The van der Waals surface area contributed by atoms with E-state index in [1.165, 1.54) is 17.3 Å². The van der Waals surface area contributed by atoms with E-state index in [0.29, 0.717) is 54.9 Å². The molecule has 43 heavy (non-hydrogen) atoms. The van der Waals surface area contributed by atoms with E-state index >= 15 is 0 Å². The Morgan fingerprint density at radius 3 is 2.26 bits per heavy atom. The maximum atomic E-state index is 13.7. The predicted octanol–water partition coefficient (Wildman–Crippen LogP) is 6.28. The zero-order chi connectivity index (χ0) is 30.5. The second-order valence-electron chi connectivity index (χ2n) is 11.1. The summed E-state index contributed by atoms with van der Waals surface area (Å²) in [6.07, 6.45) is 1.35. The van der Waals surface area contributed by atoms with E-state index in [0.717, 1.165) is 16.8 Å². The Balaban J connectivity index is 1.48. The quantitative estimate of drug-likeness (QED) is 0.313. The predicted molar refractivity (Wildman–Crippen MR) is 169 cm³/mol. The lowest BCUT2D eigenvalue weighted by Gasteiger charge is -2.37. The fourth-order valence-corrected chi connectivity index (χ4v) is 6.68. The van der Waals surface area contributed by atoms with Crippen molar-refractivity contribution in [3.8, 4) is 0 Å². The molecule has 0 saturated carbocycles. The third kappa shape index (κ3) is 6.56. The first-order chi connectivity index (χ1) is 20.8. The number of nitrogens with zero attached hydrogens (tertiary/aromatic N) is 3. The van der Waals surface area contributed by atoms with Gasteiger partial charge >= 0.3 is 11.9 Å². The number of piperidine rings is 1. The fourth-order valence-electron chi connectivity index (χ4n) is 5.76. The highest BCUT2D eigenvalue weighted by atomic mass is 32.2. The maximum Gasteiger partial charge on any atom is 0.338 e. The molecule has 3 aliphatic heterocycles. The van der Waals surface area contributed by atoms with Crippen LogP contribution < -0.4 is 0 Å². The summed E-state index contributed by atoms with van der Waals surface area (Å²) in [5.74, 6) is -0.429. The van der Waals surface area contributed by atoms with Crippen LogP contribution in [0, 0.1) is 5.92 Å². The molecular weight excluding hydrogens is 562 g/mol. The van der Waals surface area contributed by atoms with Gasteiger partial charge in [0.1, 0.15) is 0 Å². The number of ether oxygens (including phenoxy) is 2. The molecule has 0 N–H and O–H groups in total. The highest BCUT2D eigenvalue weighted by Gasteiger charge is 2.43. The van der Waals surface area contributed by atoms with Crippen LogP contribution in [0.2, 0.25) is 0 Å². The van der Waals surface area contributed by atoms with Crippen LogP contribution in [-0.2, 0) is 23.9 Å². The normalized spacial score (nSPS) is 18.8. The number of likely N-dealkylation sites (tertiary alicyclic amines) is 1. The van der Waals surface area contributed by atoms with Gasteiger partial charge in [-0.3, -0.25) is 9.59 Å². The van der Waals surface area contributed by atoms with Gasteiger partial charge in [0.05, 0.1) is 42.9 Å². The molecule has 226 valence electrons. The van der Waals surface area contributed by atoms with Crippen molar-refractivity contribution in [1.29, 1.82) is 0 Å². The van der Waals surface area contributed by atoms with Gasteiger partial charge in [-0.15, -0.1) is 0 Å². The number of rotatable bonds is 9. The molecule has 1 atom stereocenters. The molecule has 2 aromatic carbocycles. The molecule has 1 fully saturated rings. The number of hydrogen-bond acceptors (Lipinski definition) is 8. The van der Waals surface area contributed by atoms with Gasteiger partial charge in [-0.2, -0.15) is 0 Å². The Morgan fingerprint density at radius 2 is 1.63 bits per heavy atom. The average Bonchev–Trinajstić information content (AvgIpc) is 3.43. The monoisotopic (exact) mass is 601 g/mol. The average molecular weight is 602 g/mol. The van der Waals surface area contributed by atoms with Crippen LogP contribution in [0.1, 0.15) is 75.6 Å². The minimum Gasteiger partial charge on any atom is -0.466 e. The summed E-state index contributed by atoms with van der Waals surface area (Å²) in [4.78, 5) is 48.4. The van der Waals surface area contributed by atoms with Crippen molar-refractivity contribution in [2.75, 3.05) is 26.3 Å².